The molecule has 1 fully saturated rings. The molecule has 1 N–H and O–H groups in total. The van der Waals surface area contributed by atoms with Gasteiger partial charge in [-0.3, -0.25) is 9.59 Å². The Kier molecular flexibility index (Phi) is 5.90. The van der Waals surface area contributed by atoms with Crippen LogP contribution in [0.25, 0.3) is 0 Å². The lowest BCUT2D eigenvalue weighted by atomic mass is 10.1. The van der Waals surface area contributed by atoms with Crippen LogP contribution in [0, 0.1) is 0 Å². The molecule has 0 saturated carbocycles. The van der Waals surface area contributed by atoms with Crippen LogP contribution in [0.4, 0.5) is 11.4 Å². The van der Waals surface area contributed by atoms with E-state index in [1.165, 1.54) is 12.5 Å². The molecule has 3 aromatic rings. The van der Waals surface area contributed by atoms with E-state index in [1.807, 2.05) is 29.2 Å². The zero-order chi connectivity index (χ0) is 20.9. The second-order valence-corrected chi connectivity index (χ2v) is 7.29. The van der Waals surface area contributed by atoms with Gasteiger partial charge in [-0.2, -0.15) is 0 Å². The number of benzene rings is 2. The number of nitrogens with one attached hydrogen (secondary N) is 1. The van der Waals surface area contributed by atoms with Crippen LogP contribution in [0.1, 0.15) is 20.8 Å². The molecule has 8 heteroatoms. The van der Waals surface area contributed by atoms with Crippen LogP contribution >= 0.6 is 11.6 Å². The van der Waals surface area contributed by atoms with Gasteiger partial charge in [-0.15, -0.1) is 0 Å². The normalized spacial score (nSPS) is 13.8. The lowest BCUT2D eigenvalue weighted by molar-refractivity contribution is 0.0746. The van der Waals surface area contributed by atoms with E-state index in [2.05, 4.69) is 20.2 Å². The molecular weight excluding hydrogens is 402 g/mol. The third kappa shape index (κ3) is 4.41. The van der Waals surface area contributed by atoms with Gasteiger partial charge in [-0.25, -0.2) is 9.97 Å². The summed E-state index contributed by atoms with van der Waals surface area (Å²) < 4.78 is 0. The first-order chi connectivity index (χ1) is 14.6. The van der Waals surface area contributed by atoms with Gasteiger partial charge in [-0.1, -0.05) is 23.7 Å². The zero-order valence-electron chi connectivity index (χ0n) is 16.2. The minimum absolute atomic E-state index is 0.00309. The Balaban J connectivity index is 1.43. The van der Waals surface area contributed by atoms with Crippen molar-refractivity contribution in [3.05, 3.63) is 83.4 Å². The molecular formula is C22H20ClN5O2. The number of anilines is 2. The van der Waals surface area contributed by atoms with Gasteiger partial charge in [-0.05, 0) is 42.5 Å². The van der Waals surface area contributed by atoms with E-state index in [0.717, 1.165) is 5.69 Å². The number of nitrogens with zero attached hydrogens (tertiary/aromatic N) is 4. The van der Waals surface area contributed by atoms with Crippen LogP contribution in [0.5, 0.6) is 0 Å². The van der Waals surface area contributed by atoms with Crippen molar-refractivity contribution in [1.82, 2.24) is 14.9 Å². The quantitative estimate of drug-likeness (QED) is 0.699. The smallest absolute Gasteiger partial charge is 0.274 e. The van der Waals surface area contributed by atoms with Gasteiger partial charge < -0.3 is 15.1 Å². The fourth-order valence-electron chi connectivity index (χ4n) is 3.39. The predicted octanol–water partition coefficient (Wildman–Crippen LogP) is 3.34. The fourth-order valence-corrected chi connectivity index (χ4v) is 3.52. The van der Waals surface area contributed by atoms with Crippen LogP contribution in [0.15, 0.2) is 67.1 Å². The SMILES string of the molecule is O=C(Nc1ccccc1N1CCN(C(=O)c2ccc(Cl)cc2)CC1)c1ccncn1. The van der Waals surface area contributed by atoms with Crippen molar-refractivity contribution in [2.45, 2.75) is 0 Å². The molecule has 1 saturated heterocycles. The van der Waals surface area contributed by atoms with Crippen LogP contribution < -0.4 is 10.2 Å². The topological polar surface area (TPSA) is 78.4 Å². The Bertz CT molecular complexity index is 1030. The molecule has 0 aliphatic carbocycles. The minimum Gasteiger partial charge on any atom is -0.366 e. The van der Waals surface area contributed by atoms with Crippen LogP contribution in [-0.4, -0.2) is 52.9 Å². The predicted molar refractivity (Wildman–Crippen MR) is 116 cm³/mol. The molecule has 2 heterocycles. The first-order valence-electron chi connectivity index (χ1n) is 9.58. The zero-order valence-corrected chi connectivity index (χ0v) is 16.9. The maximum atomic E-state index is 12.7. The van der Waals surface area contributed by atoms with Gasteiger partial charge in [0.05, 0.1) is 11.4 Å². The molecule has 0 atom stereocenters. The molecule has 0 unspecified atom stereocenters. The number of piperazine rings is 1. The van der Waals surface area contributed by atoms with E-state index in [0.29, 0.717) is 48.1 Å². The first-order valence-corrected chi connectivity index (χ1v) is 9.96. The Morgan fingerprint density at radius 1 is 0.933 bits per heavy atom. The minimum atomic E-state index is -0.290. The number of carbonyl (C=O) groups is 2. The maximum Gasteiger partial charge on any atom is 0.274 e. The van der Waals surface area contributed by atoms with Crippen LogP contribution in [-0.2, 0) is 0 Å². The summed E-state index contributed by atoms with van der Waals surface area (Å²) in [5.74, 6) is -0.293. The third-order valence-electron chi connectivity index (χ3n) is 4.97. The molecule has 0 bridgehead atoms. The number of carbonyl (C=O) groups excluding carboxylic acids is 2. The van der Waals surface area contributed by atoms with Gasteiger partial charge in [0.15, 0.2) is 0 Å². The van der Waals surface area contributed by atoms with E-state index in [1.54, 1.807) is 30.3 Å². The number of para-hydroxylation sites is 2. The summed E-state index contributed by atoms with van der Waals surface area (Å²) in [4.78, 5) is 37.0. The molecule has 0 radical (unpaired) electrons. The number of aromatic nitrogens is 2. The highest BCUT2D eigenvalue weighted by molar-refractivity contribution is 6.30. The Labute approximate surface area is 179 Å². The molecule has 1 aliphatic rings. The Morgan fingerprint density at radius 3 is 2.37 bits per heavy atom. The van der Waals surface area contributed by atoms with Gasteiger partial charge in [0.2, 0.25) is 0 Å². The highest BCUT2D eigenvalue weighted by atomic mass is 35.5. The van der Waals surface area contributed by atoms with Gasteiger partial charge in [0, 0.05) is 43.0 Å². The van der Waals surface area contributed by atoms with E-state index in [4.69, 9.17) is 11.6 Å². The summed E-state index contributed by atoms with van der Waals surface area (Å²) in [7, 11) is 0. The number of hydrogen-bond acceptors (Lipinski definition) is 5. The molecule has 2 amide bonds. The number of halogens is 1. The molecule has 30 heavy (non-hydrogen) atoms. The van der Waals surface area contributed by atoms with E-state index in [9.17, 15) is 9.59 Å². The van der Waals surface area contributed by atoms with E-state index >= 15 is 0 Å². The highest BCUT2D eigenvalue weighted by Gasteiger charge is 2.24. The molecule has 2 aromatic carbocycles. The Morgan fingerprint density at radius 2 is 1.67 bits per heavy atom. The van der Waals surface area contributed by atoms with Gasteiger partial charge >= 0.3 is 0 Å². The van der Waals surface area contributed by atoms with Crippen molar-refractivity contribution in [2.24, 2.45) is 0 Å². The molecule has 1 aliphatic heterocycles. The van der Waals surface area contributed by atoms with E-state index in [-0.39, 0.29) is 11.8 Å². The lowest BCUT2D eigenvalue weighted by Gasteiger charge is -2.37. The van der Waals surface area contributed by atoms with Crippen molar-refractivity contribution in [3.8, 4) is 0 Å². The average Bonchev–Trinajstić information content (AvgIpc) is 2.80. The number of rotatable bonds is 4. The summed E-state index contributed by atoms with van der Waals surface area (Å²) in [6.45, 7) is 2.52. The van der Waals surface area contributed by atoms with Crippen molar-refractivity contribution in [3.63, 3.8) is 0 Å². The molecule has 4 rings (SSSR count). The van der Waals surface area contributed by atoms with Crippen molar-refractivity contribution >= 4 is 34.8 Å². The summed E-state index contributed by atoms with van der Waals surface area (Å²) in [5.41, 5.74) is 2.56. The number of hydrogen-bond donors (Lipinski definition) is 1. The van der Waals surface area contributed by atoms with Crippen LogP contribution in [0.2, 0.25) is 5.02 Å². The van der Waals surface area contributed by atoms with Crippen molar-refractivity contribution < 1.29 is 9.59 Å². The fraction of sp³-hybridized carbons (Fsp3) is 0.182. The number of amides is 2. The highest BCUT2D eigenvalue weighted by Crippen LogP contribution is 2.27. The Hall–Kier alpha value is -3.45. The monoisotopic (exact) mass is 421 g/mol. The third-order valence-corrected chi connectivity index (χ3v) is 5.22. The molecule has 0 spiro atoms. The molecule has 152 valence electrons. The summed E-state index contributed by atoms with van der Waals surface area (Å²) in [6, 6.07) is 16.1. The van der Waals surface area contributed by atoms with Gasteiger partial charge in [0.25, 0.3) is 11.8 Å². The first kappa shape index (κ1) is 19.8. The molecule has 7 nitrogen and oxygen atoms in total. The summed E-state index contributed by atoms with van der Waals surface area (Å²) in [6.07, 6.45) is 2.88. The van der Waals surface area contributed by atoms with Gasteiger partial charge in [0.1, 0.15) is 12.0 Å². The summed E-state index contributed by atoms with van der Waals surface area (Å²) in [5, 5.41) is 3.53. The van der Waals surface area contributed by atoms with Crippen LogP contribution in [0.3, 0.4) is 0 Å². The van der Waals surface area contributed by atoms with Crippen molar-refractivity contribution in [2.75, 3.05) is 36.4 Å². The second kappa shape index (κ2) is 8.92. The average molecular weight is 422 g/mol. The van der Waals surface area contributed by atoms with E-state index < -0.39 is 0 Å². The standard InChI is InChI=1S/C22H20ClN5O2/c23-17-7-5-16(6-8-17)22(30)28-13-11-27(12-14-28)20-4-2-1-3-18(20)26-21(29)19-9-10-24-15-25-19/h1-10,15H,11-14H2,(H,26,29). The maximum absolute atomic E-state index is 12.7. The summed E-state index contributed by atoms with van der Waals surface area (Å²) >= 11 is 5.91. The lowest BCUT2D eigenvalue weighted by Crippen LogP contribution is -2.49. The molecule has 1 aromatic heterocycles. The van der Waals surface area contributed by atoms with Crippen molar-refractivity contribution in [1.29, 1.82) is 0 Å². The largest absolute Gasteiger partial charge is 0.366 e. The second-order valence-electron chi connectivity index (χ2n) is 6.85.